The van der Waals surface area contributed by atoms with Crippen LogP contribution in [-0.2, 0) is 6.54 Å². The van der Waals surface area contributed by atoms with E-state index in [2.05, 4.69) is 18.9 Å². The van der Waals surface area contributed by atoms with Crippen LogP contribution in [0.5, 0.6) is 0 Å². The Kier molecular flexibility index (Phi) is 3.92. The molecule has 0 aliphatic rings. The second kappa shape index (κ2) is 5.63. The summed E-state index contributed by atoms with van der Waals surface area (Å²) < 4.78 is 1.56. The highest BCUT2D eigenvalue weighted by molar-refractivity contribution is 5.57. The molecule has 0 bridgehead atoms. The Morgan fingerprint density at radius 2 is 1.83 bits per heavy atom. The first kappa shape index (κ1) is 12.6. The van der Waals surface area contributed by atoms with Crippen LogP contribution in [0.25, 0.3) is 11.3 Å². The topological polar surface area (TPSA) is 34.9 Å². The molecular formula is C15H18N2O. The molecule has 3 heteroatoms. The molecule has 0 amide bonds. The number of nitrogens with zero attached hydrogens (tertiary/aromatic N) is 2. The molecule has 0 atom stereocenters. The first-order valence-electron chi connectivity index (χ1n) is 6.30. The minimum Gasteiger partial charge on any atom is -0.268 e. The summed E-state index contributed by atoms with van der Waals surface area (Å²) in [6.07, 6.45) is 0.963. The van der Waals surface area contributed by atoms with Crippen LogP contribution in [0.15, 0.2) is 47.3 Å². The Morgan fingerprint density at radius 3 is 2.50 bits per heavy atom. The van der Waals surface area contributed by atoms with Crippen LogP contribution in [0, 0.1) is 5.92 Å². The molecule has 0 saturated carbocycles. The average Bonchev–Trinajstić information content (AvgIpc) is 2.38. The molecular weight excluding hydrogens is 224 g/mol. The Balaban J connectivity index is 2.29. The fraction of sp³-hybridized carbons (Fsp3) is 0.333. The largest absolute Gasteiger partial charge is 0.268 e. The molecule has 0 saturated heterocycles. The Hall–Kier alpha value is -1.90. The summed E-state index contributed by atoms with van der Waals surface area (Å²) >= 11 is 0. The van der Waals surface area contributed by atoms with Gasteiger partial charge in [-0.05, 0) is 18.4 Å². The highest BCUT2D eigenvalue weighted by atomic mass is 16.1. The second-order valence-electron chi connectivity index (χ2n) is 4.83. The predicted molar refractivity (Wildman–Crippen MR) is 73.4 cm³/mol. The standard InChI is InChI=1S/C15H18N2O/c1-12(2)10-11-17-15(18)9-8-14(16-17)13-6-4-3-5-7-13/h3-9,12H,10-11H2,1-2H3. The van der Waals surface area contributed by atoms with Gasteiger partial charge in [0, 0.05) is 18.2 Å². The van der Waals surface area contributed by atoms with Crippen molar-refractivity contribution in [2.45, 2.75) is 26.8 Å². The first-order valence-corrected chi connectivity index (χ1v) is 6.30. The van der Waals surface area contributed by atoms with E-state index in [0.717, 1.165) is 17.7 Å². The lowest BCUT2D eigenvalue weighted by molar-refractivity contribution is 0.473. The molecule has 1 aromatic carbocycles. The molecule has 0 aliphatic heterocycles. The van der Waals surface area contributed by atoms with E-state index in [4.69, 9.17) is 0 Å². The van der Waals surface area contributed by atoms with Gasteiger partial charge in [0.05, 0.1) is 5.69 Å². The third kappa shape index (κ3) is 3.06. The van der Waals surface area contributed by atoms with Gasteiger partial charge in [-0.1, -0.05) is 44.2 Å². The fourth-order valence-electron chi connectivity index (χ4n) is 1.75. The molecule has 0 fully saturated rings. The van der Waals surface area contributed by atoms with E-state index in [-0.39, 0.29) is 5.56 Å². The maximum atomic E-state index is 11.7. The molecule has 2 rings (SSSR count). The quantitative estimate of drug-likeness (QED) is 0.826. The lowest BCUT2D eigenvalue weighted by Crippen LogP contribution is -2.23. The zero-order valence-electron chi connectivity index (χ0n) is 10.8. The van der Waals surface area contributed by atoms with Crippen molar-refractivity contribution in [3.8, 4) is 11.3 Å². The number of hydrogen-bond acceptors (Lipinski definition) is 2. The minimum atomic E-state index is -0.0321. The van der Waals surface area contributed by atoms with Crippen LogP contribution < -0.4 is 5.56 Å². The number of aryl methyl sites for hydroxylation is 1. The van der Waals surface area contributed by atoms with E-state index >= 15 is 0 Å². The SMILES string of the molecule is CC(C)CCn1nc(-c2ccccc2)ccc1=O. The van der Waals surface area contributed by atoms with E-state index in [9.17, 15) is 4.79 Å². The Labute approximate surface area is 107 Å². The predicted octanol–water partition coefficient (Wildman–Crippen LogP) is 2.96. The molecule has 1 heterocycles. The van der Waals surface area contributed by atoms with Crippen LogP contribution in [0.4, 0.5) is 0 Å². The van der Waals surface area contributed by atoms with E-state index in [0.29, 0.717) is 12.5 Å². The van der Waals surface area contributed by atoms with E-state index < -0.39 is 0 Å². The van der Waals surface area contributed by atoms with Gasteiger partial charge >= 0.3 is 0 Å². The third-order valence-electron chi connectivity index (χ3n) is 2.85. The summed E-state index contributed by atoms with van der Waals surface area (Å²) in [5.74, 6) is 0.569. The fourth-order valence-corrected chi connectivity index (χ4v) is 1.75. The summed E-state index contributed by atoms with van der Waals surface area (Å²) in [5, 5.41) is 4.42. The molecule has 94 valence electrons. The lowest BCUT2D eigenvalue weighted by Gasteiger charge is -2.08. The third-order valence-corrected chi connectivity index (χ3v) is 2.85. The van der Waals surface area contributed by atoms with Gasteiger partial charge < -0.3 is 0 Å². The zero-order chi connectivity index (χ0) is 13.0. The van der Waals surface area contributed by atoms with Crippen molar-refractivity contribution in [3.05, 3.63) is 52.8 Å². The number of hydrogen-bond donors (Lipinski definition) is 0. The molecule has 0 unspecified atom stereocenters. The van der Waals surface area contributed by atoms with E-state index in [1.54, 1.807) is 16.8 Å². The Morgan fingerprint density at radius 1 is 1.11 bits per heavy atom. The van der Waals surface area contributed by atoms with Gasteiger partial charge in [-0.25, -0.2) is 4.68 Å². The highest BCUT2D eigenvalue weighted by Gasteiger charge is 2.03. The zero-order valence-corrected chi connectivity index (χ0v) is 10.8. The molecule has 0 N–H and O–H groups in total. The van der Waals surface area contributed by atoms with Crippen LogP contribution in [-0.4, -0.2) is 9.78 Å². The van der Waals surface area contributed by atoms with Crippen LogP contribution in [0.3, 0.4) is 0 Å². The molecule has 0 radical (unpaired) electrons. The maximum Gasteiger partial charge on any atom is 0.266 e. The summed E-state index contributed by atoms with van der Waals surface area (Å²) in [7, 11) is 0. The van der Waals surface area contributed by atoms with E-state index in [1.807, 2.05) is 30.3 Å². The Bertz CT molecular complexity index is 558. The van der Waals surface area contributed by atoms with Crippen LogP contribution in [0.1, 0.15) is 20.3 Å². The van der Waals surface area contributed by atoms with Crippen molar-refractivity contribution < 1.29 is 0 Å². The minimum absolute atomic E-state index is 0.0321. The summed E-state index contributed by atoms with van der Waals surface area (Å²) in [5.41, 5.74) is 1.85. The van der Waals surface area contributed by atoms with Crippen LogP contribution in [0.2, 0.25) is 0 Å². The highest BCUT2D eigenvalue weighted by Crippen LogP contribution is 2.14. The van der Waals surface area contributed by atoms with Gasteiger partial charge in [0.2, 0.25) is 0 Å². The van der Waals surface area contributed by atoms with Gasteiger partial charge in [-0.2, -0.15) is 5.10 Å². The number of aromatic nitrogens is 2. The average molecular weight is 242 g/mol. The molecule has 1 aromatic heterocycles. The molecule has 18 heavy (non-hydrogen) atoms. The molecule has 2 aromatic rings. The van der Waals surface area contributed by atoms with Gasteiger partial charge in [-0.15, -0.1) is 0 Å². The summed E-state index contributed by atoms with van der Waals surface area (Å²) in [6.45, 7) is 4.97. The van der Waals surface area contributed by atoms with Gasteiger partial charge in [0.25, 0.3) is 5.56 Å². The van der Waals surface area contributed by atoms with Gasteiger partial charge in [0.15, 0.2) is 0 Å². The molecule has 3 nitrogen and oxygen atoms in total. The van der Waals surface area contributed by atoms with Crippen LogP contribution >= 0.6 is 0 Å². The second-order valence-corrected chi connectivity index (χ2v) is 4.83. The maximum absolute atomic E-state index is 11.7. The first-order chi connectivity index (χ1) is 8.66. The van der Waals surface area contributed by atoms with Crippen molar-refractivity contribution in [1.29, 1.82) is 0 Å². The van der Waals surface area contributed by atoms with Gasteiger partial charge in [-0.3, -0.25) is 4.79 Å². The number of rotatable bonds is 4. The van der Waals surface area contributed by atoms with Gasteiger partial charge in [0.1, 0.15) is 0 Å². The van der Waals surface area contributed by atoms with E-state index in [1.165, 1.54) is 0 Å². The smallest absolute Gasteiger partial charge is 0.266 e. The molecule has 0 spiro atoms. The monoisotopic (exact) mass is 242 g/mol. The number of benzene rings is 1. The van der Waals surface area contributed by atoms with Crippen molar-refractivity contribution in [1.82, 2.24) is 9.78 Å². The van der Waals surface area contributed by atoms with Crippen molar-refractivity contribution in [2.24, 2.45) is 5.92 Å². The summed E-state index contributed by atoms with van der Waals surface area (Å²) in [4.78, 5) is 11.7. The summed E-state index contributed by atoms with van der Waals surface area (Å²) in [6, 6.07) is 13.3. The van der Waals surface area contributed by atoms with Crippen molar-refractivity contribution in [3.63, 3.8) is 0 Å². The van der Waals surface area contributed by atoms with Crippen molar-refractivity contribution in [2.75, 3.05) is 0 Å². The lowest BCUT2D eigenvalue weighted by atomic mass is 10.1. The molecule has 0 aliphatic carbocycles. The normalized spacial score (nSPS) is 10.8. The van der Waals surface area contributed by atoms with Crippen molar-refractivity contribution >= 4 is 0 Å².